The maximum Gasteiger partial charge on any atom is 0.261 e. The number of carbonyl (C=O) groups excluding carboxylic acids is 2. The number of carbonyl (C=O) groups is 2. The van der Waals surface area contributed by atoms with E-state index in [1.54, 1.807) is 6.07 Å². The normalized spacial score (nSPS) is 18.7. The number of aliphatic hydroxyl groups excluding tert-OH is 1. The Labute approximate surface area is 182 Å². The average Bonchev–Trinajstić information content (AvgIpc) is 2.80. The molecule has 1 amide bonds. The minimum absolute atomic E-state index is 0.130. The van der Waals surface area contributed by atoms with Gasteiger partial charge < -0.3 is 15.7 Å². The fraction of sp³-hybridized carbons (Fsp3) is 0.333. The molecule has 2 aromatic carbocycles. The Morgan fingerprint density at radius 3 is 2.35 bits per heavy atom. The smallest absolute Gasteiger partial charge is 0.261 e. The number of aliphatic hydroxyl groups is 1. The number of hydrogen-bond acceptors (Lipinski definition) is 6. The van der Waals surface area contributed by atoms with Crippen LogP contribution in [0.3, 0.4) is 0 Å². The van der Waals surface area contributed by atoms with Crippen LogP contribution < -0.4 is 10.6 Å². The summed E-state index contributed by atoms with van der Waals surface area (Å²) >= 11 is 0. The second-order valence-corrected chi connectivity index (χ2v) is 7.83. The molecule has 7 nitrogen and oxygen atoms in total. The van der Waals surface area contributed by atoms with Crippen LogP contribution in [0.2, 0.25) is 0 Å². The molecule has 0 aliphatic carbocycles. The van der Waals surface area contributed by atoms with Crippen molar-refractivity contribution in [3.05, 3.63) is 65.9 Å². The molecule has 0 radical (unpaired) electrons. The third-order valence-electron chi connectivity index (χ3n) is 5.81. The van der Waals surface area contributed by atoms with Crippen LogP contribution in [0, 0.1) is 0 Å². The molecule has 3 N–H and O–H groups in total. The number of rotatable bonds is 7. The molecule has 2 heterocycles. The number of nitrogens with one attached hydrogen (secondary N) is 2. The van der Waals surface area contributed by atoms with Crippen molar-refractivity contribution >= 4 is 17.4 Å². The minimum Gasteiger partial charge on any atom is -0.395 e. The lowest BCUT2D eigenvalue weighted by atomic mass is 9.93. The summed E-state index contributed by atoms with van der Waals surface area (Å²) in [6.07, 6.45) is 1.54. The molecule has 0 unspecified atom stereocenters. The predicted octanol–water partition coefficient (Wildman–Crippen LogP) is 1.57. The molecule has 1 saturated heterocycles. The zero-order valence-electron chi connectivity index (χ0n) is 17.5. The number of hydrogen-bond donors (Lipinski definition) is 3. The van der Waals surface area contributed by atoms with Crippen molar-refractivity contribution in [1.82, 2.24) is 15.1 Å². The lowest BCUT2D eigenvalue weighted by Gasteiger charge is -2.34. The fourth-order valence-electron chi connectivity index (χ4n) is 4.00. The van der Waals surface area contributed by atoms with E-state index in [2.05, 4.69) is 20.4 Å². The van der Waals surface area contributed by atoms with E-state index in [-0.39, 0.29) is 23.9 Å². The largest absolute Gasteiger partial charge is 0.395 e. The van der Waals surface area contributed by atoms with Gasteiger partial charge in [-0.05, 0) is 23.3 Å². The monoisotopic (exact) mass is 420 g/mol. The van der Waals surface area contributed by atoms with Crippen molar-refractivity contribution in [3.63, 3.8) is 0 Å². The summed E-state index contributed by atoms with van der Waals surface area (Å²) in [6, 6.07) is 15.4. The highest BCUT2D eigenvalue weighted by atomic mass is 16.3. The molecule has 4 rings (SSSR count). The van der Waals surface area contributed by atoms with Crippen LogP contribution in [0.4, 0.5) is 5.69 Å². The molecule has 0 aromatic heterocycles. The number of fused-ring (bicyclic) bond motifs is 1. The number of Topliss-reactive ketones (excluding diaryl/α,β-unsaturated/α-hetero) is 1. The molecule has 0 bridgehead atoms. The molecule has 0 spiro atoms. The zero-order valence-corrected chi connectivity index (χ0v) is 17.5. The van der Waals surface area contributed by atoms with E-state index in [1.807, 2.05) is 42.5 Å². The number of amides is 1. The first-order valence-electron chi connectivity index (χ1n) is 10.7. The number of piperazine rings is 1. The molecule has 0 saturated carbocycles. The highest BCUT2D eigenvalue weighted by molar-refractivity contribution is 6.34. The summed E-state index contributed by atoms with van der Waals surface area (Å²) < 4.78 is 0. The van der Waals surface area contributed by atoms with Gasteiger partial charge in [0.15, 0.2) is 0 Å². The lowest BCUT2D eigenvalue weighted by molar-refractivity contribution is -0.112. The van der Waals surface area contributed by atoms with Crippen LogP contribution in [-0.4, -0.2) is 79.0 Å². The molecule has 1 fully saturated rings. The van der Waals surface area contributed by atoms with Gasteiger partial charge in [0.05, 0.1) is 12.3 Å². The first-order valence-corrected chi connectivity index (χ1v) is 10.7. The Balaban J connectivity index is 1.37. The van der Waals surface area contributed by atoms with Crippen molar-refractivity contribution in [2.45, 2.75) is 0 Å². The minimum atomic E-state index is -0.380. The van der Waals surface area contributed by atoms with Crippen molar-refractivity contribution in [2.24, 2.45) is 0 Å². The van der Waals surface area contributed by atoms with Gasteiger partial charge in [0.1, 0.15) is 5.57 Å². The fourth-order valence-corrected chi connectivity index (χ4v) is 4.00. The number of β-amino-alcohol motifs (C(OH)–C–C–N with tert-alkyl or cyclic N) is 1. The second-order valence-electron chi connectivity index (χ2n) is 7.83. The molecule has 7 heteroatoms. The molecule has 0 atom stereocenters. The number of nitrogens with zero attached hydrogens (tertiary/aromatic N) is 2. The third kappa shape index (κ3) is 5.02. The highest BCUT2D eigenvalue weighted by Crippen LogP contribution is 2.30. The van der Waals surface area contributed by atoms with Gasteiger partial charge in [-0.3, -0.25) is 19.4 Å². The Kier molecular flexibility index (Phi) is 6.76. The van der Waals surface area contributed by atoms with E-state index in [1.165, 1.54) is 6.20 Å². The lowest BCUT2D eigenvalue weighted by Crippen LogP contribution is -2.48. The van der Waals surface area contributed by atoms with Gasteiger partial charge in [-0.2, -0.15) is 0 Å². The van der Waals surface area contributed by atoms with Crippen LogP contribution in [0.5, 0.6) is 0 Å². The molecule has 162 valence electrons. The Morgan fingerprint density at radius 1 is 0.935 bits per heavy atom. The van der Waals surface area contributed by atoms with Crippen LogP contribution in [0.1, 0.15) is 10.4 Å². The van der Waals surface area contributed by atoms with E-state index in [9.17, 15) is 9.59 Å². The van der Waals surface area contributed by atoms with Crippen LogP contribution in [0.25, 0.3) is 11.1 Å². The standard InChI is InChI=1S/C24H28N4O3/c29-15-14-28-12-10-27(11-13-28)9-8-25-17-21-23(30)20-16-19(18-4-2-1-3-5-18)6-7-22(20)26-24(21)31/h1-7,16-17,25,29H,8-15H2,(H,26,31)/b21-17+. The molecule has 2 aromatic rings. The first-order chi connectivity index (χ1) is 15.2. The topological polar surface area (TPSA) is 84.9 Å². The molecule has 31 heavy (non-hydrogen) atoms. The Hall–Kier alpha value is -3.00. The van der Waals surface area contributed by atoms with Gasteiger partial charge in [0, 0.05) is 57.6 Å². The van der Waals surface area contributed by atoms with Crippen molar-refractivity contribution in [1.29, 1.82) is 0 Å². The van der Waals surface area contributed by atoms with Gasteiger partial charge in [-0.15, -0.1) is 0 Å². The summed E-state index contributed by atoms with van der Waals surface area (Å²) in [7, 11) is 0. The van der Waals surface area contributed by atoms with Crippen molar-refractivity contribution in [3.8, 4) is 11.1 Å². The quantitative estimate of drug-likeness (QED) is 0.358. The van der Waals surface area contributed by atoms with Crippen LogP contribution in [-0.2, 0) is 4.79 Å². The summed E-state index contributed by atoms with van der Waals surface area (Å²) in [5.41, 5.74) is 3.15. The first kappa shape index (κ1) is 21.2. The second kappa shape index (κ2) is 9.87. The molecule has 2 aliphatic rings. The Bertz CT molecular complexity index is 966. The van der Waals surface area contributed by atoms with E-state index >= 15 is 0 Å². The summed E-state index contributed by atoms with van der Waals surface area (Å²) in [6.45, 7) is 6.21. The van der Waals surface area contributed by atoms with Gasteiger partial charge in [0.2, 0.25) is 5.78 Å². The van der Waals surface area contributed by atoms with E-state index in [4.69, 9.17) is 5.11 Å². The predicted molar refractivity (Wildman–Crippen MR) is 121 cm³/mol. The third-order valence-corrected chi connectivity index (χ3v) is 5.81. The summed E-state index contributed by atoms with van der Waals surface area (Å²) in [5.74, 6) is -0.642. The summed E-state index contributed by atoms with van der Waals surface area (Å²) in [5, 5.41) is 15.0. The van der Waals surface area contributed by atoms with E-state index < -0.39 is 0 Å². The van der Waals surface area contributed by atoms with Gasteiger partial charge >= 0.3 is 0 Å². The Morgan fingerprint density at radius 2 is 1.65 bits per heavy atom. The SMILES string of the molecule is O=C1Nc2ccc(-c3ccccc3)cc2C(=O)/C1=C\NCCN1CCN(CCO)CC1. The number of ketones is 1. The number of anilines is 1. The molecular formula is C24H28N4O3. The van der Waals surface area contributed by atoms with Crippen molar-refractivity contribution < 1.29 is 14.7 Å². The maximum atomic E-state index is 13.0. The maximum absolute atomic E-state index is 13.0. The van der Waals surface area contributed by atoms with E-state index in [0.717, 1.165) is 50.4 Å². The van der Waals surface area contributed by atoms with Crippen LogP contribution >= 0.6 is 0 Å². The molecular weight excluding hydrogens is 392 g/mol. The number of benzene rings is 2. The van der Waals surface area contributed by atoms with E-state index in [0.29, 0.717) is 17.8 Å². The summed E-state index contributed by atoms with van der Waals surface area (Å²) in [4.78, 5) is 30.0. The molecule has 2 aliphatic heterocycles. The van der Waals surface area contributed by atoms with Gasteiger partial charge in [0.25, 0.3) is 5.91 Å². The highest BCUT2D eigenvalue weighted by Gasteiger charge is 2.28. The van der Waals surface area contributed by atoms with Gasteiger partial charge in [-0.1, -0.05) is 36.4 Å². The van der Waals surface area contributed by atoms with Crippen molar-refractivity contribution in [2.75, 3.05) is 57.7 Å². The zero-order chi connectivity index (χ0) is 21.6. The van der Waals surface area contributed by atoms with Gasteiger partial charge in [-0.25, -0.2) is 0 Å². The average molecular weight is 421 g/mol. The van der Waals surface area contributed by atoms with Crippen LogP contribution in [0.15, 0.2) is 60.3 Å².